The molecule has 0 saturated carbocycles. The van der Waals surface area contributed by atoms with Crippen molar-refractivity contribution < 1.29 is 9.21 Å². The molecule has 4 rings (SSSR count). The van der Waals surface area contributed by atoms with E-state index >= 15 is 0 Å². The van der Waals surface area contributed by atoms with Gasteiger partial charge in [0.15, 0.2) is 5.43 Å². The minimum absolute atomic E-state index is 0.0756. The molecule has 1 unspecified atom stereocenters. The predicted octanol–water partition coefficient (Wildman–Crippen LogP) is 4.58. The van der Waals surface area contributed by atoms with E-state index in [0.29, 0.717) is 26.6 Å². The van der Waals surface area contributed by atoms with Crippen molar-refractivity contribution in [3.8, 4) is 0 Å². The summed E-state index contributed by atoms with van der Waals surface area (Å²) >= 11 is 12.3. The Morgan fingerprint density at radius 2 is 1.88 bits per heavy atom. The molecule has 1 aliphatic rings. The third kappa shape index (κ3) is 2.36. The maximum atomic E-state index is 13.1. The highest BCUT2D eigenvalue weighted by molar-refractivity contribution is 6.32. The van der Waals surface area contributed by atoms with Crippen molar-refractivity contribution in [3.05, 3.63) is 79.1 Å². The zero-order chi connectivity index (χ0) is 17.9. The third-order valence-corrected chi connectivity index (χ3v) is 5.19. The Balaban J connectivity index is 2.05. The summed E-state index contributed by atoms with van der Waals surface area (Å²) in [7, 11) is 1.64. The van der Waals surface area contributed by atoms with E-state index in [1.807, 2.05) is 13.0 Å². The van der Waals surface area contributed by atoms with Crippen LogP contribution in [0, 0.1) is 6.92 Å². The Kier molecular flexibility index (Phi) is 3.63. The fourth-order valence-electron chi connectivity index (χ4n) is 3.28. The van der Waals surface area contributed by atoms with E-state index in [4.69, 9.17) is 27.6 Å². The van der Waals surface area contributed by atoms with Crippen LogP contribution in [0.4, 0.5) is 0 Å². The Labute approximate surface area is 153 Å². The average molecular weight is 374 g/mol. The molecule has 0 radical (unpaired) electrons. The Morgan fingerprint density at radius 1 is 1.12 bits per heavy atom. The molecule has 0 saturated heterocycles. The number of nitrogens with zero attached hydrogens (tertiary/aromatic N) is 1. The molecule has 126 valence electrons. The van der Waals surface area contributed by atoms with E-state index < -0.39 is 6.04 Å². The molecule has 0 fully saturated rings. The van der Waals surface area contributed by atoms with E-state index in [9.17, 15) is 9.59 Å². The van der Waals surface area contributed by atoms with Crippen LogP contribution in [0.2, 0.25) is 10.0 Å². The van der Waals surface area contributed by atoms with E-state index in [0.717, 1.165) is 11.1 Å². The first-order valence-electron chi connectivity index (χ1n) is 7.68. The second kappa shape index (κ2) is 5.61. The number of carbonyl (C=O) groups is 1. The number of aryl methyl sites for hydroxylation is 1. The van der Waals surface area contributed by atoms with Gasteiger partial charge in [0.1, 0.15) is 5.58 Å². The number of hydrogen-bond acceptors (Lipinski definition) is 3. The fourth-order valence-corrected chi connectivity index (χ4v) is 3.64. The lowest BCUT2D eigenvalue weighted by Crippen LogP contribution is -2.25. The van der Waals surface area contributed by atoms with Gasteiger partial charge in [-0.25, -0.2) is 0 Å². The van der Waals surface area contributed by atoms with Crippen LogP contribution in [-0.2, 0) is 0 Å². The van der Waals surface area contributed by atoms with Crippen molar-refractivity contribution in [1.29, 1.82) is 0 Å². The molecule has 0 spiro atoms. The first-order valence-corrected chi connectivity index (χ1v) is 8.43. The summed E-state index contributed by atoms with van der Waals surface area (Å²) in [6.45, 7) is 1.82. The number of fused-ring (bicyclic) bond motifs is 2. The van der Waals surface area contributed by atoms with Gasteiger partial charge in [-0.2, -0.15) is 0 Å². The summed E-state index contributed by atoms with van der Waals surface area (Å²) in [5.41, 5.74) is 1.97. The maximum absolute atomic E-state index is 13.1. The van der Waals surface area contributed by atoms with Crippen LogP contribution in [0.15, 0.2) is 45.6 Å². The van der Waals surface area contributed by atoms with Crippen LogP contribution in [0.3, 0.4) is 0 Å². The van der Waals surface area contributed by atoms with E-state index in [1.165, 1.54) is 4.90 Å². The third-order valence-electron chi connectivity index (χ3n) is 4.55. The highest BCUT2D eigenvalue weighted by atomic mass is 35.5. The van der Waals surface area contributed by atoms with Crippen LogP contribution in [0.5, 0.6) is 0 Å². The number of rotatable bonds is 1. The molecule has 0 aliphatic carbocycles. The Morgan fingerprint density at radius 3 is 2.60 bits per heavy atom. The Hall–Kier alpha value is -2.30. The fraction of sp³-hybridized carbons (Fsp3) is 0.158. The van der Waals surface area contributed by atoms with Gasteiger partial charge in [0, 0.05) is 17.1 Å². The smallest absolute Gasteiger partial charge is 0.290 e. The van der Waals surface area contributed by atoms with Crippen molar-refractivity contribution in [2.45, 2.75) is 13.0 Å². The van der Waals surface area contributed by atoms with E-state index in [-0.39, 0.29) is 17.1 Å². The van der Waals surface area contributed by atoms with Gasteiger partial charge in [0.2, 0.25) is 5.76 Å². The quantitative estimate of drug-likeness (QED) is 0.626. The molecule has 1 amide bonds. The molecular weight excluding hydrogens is 361 g/mol. The average Bonchev–Trinajstić information content (AvgIpc) is 2.82. The van der Waals surface area contributed by atoms with Crippen molar-refractivity contribution in [2.24, 2.45) is 0 Å². The normalized spacial score (nSPS) is 16.6. The summed E-state index contributed by atoms with van der Waals surface area (Å²) in [5.74, 6) is -0.252. The van der Waals surface area contributed by atoms with E-state index in [1.54, 1.807) is 37.4 Å². The van der Waals surface area contributed by atoms with Gasteiger partial charge in [-0.15, -0.1) is 0 Å². The van der Waals surface area contributed by atoms with Gasteiger partial charge in [-0.3, -0.25) is 9.59 Å². The number of benzene rings is 2. The van der Waals surface area contributed by atoms with Gasteiger partial charge in [0.05, 0.1) is 17.0 Å². The second-order valence-electron chi connectivity index (χ2n) is 6.15. The molecule has 25 heavy (non-hydrogen) atoms. The van der Waals surface area contributed by atoms with Crippen LogP contribution >= 0.6 is 23.2 Å². The molecular formula is C19H13Cl2NO3. The monoisotopic (exact) mass is 373 g/mol. The first kappa shape index (κ1) is 16.2. The first-order chi connectivity index (χ1) is 11.9. The van der Waals surface area contributed by atoms with E-state index in [2.05, 4.69) is 0 Å². The lowest BCUT2D eigenvalue weighted by molar-refractivity contribution is 0.0771. The van der Waals surface area contributed by atoms with Crippen LogP contribution < -0.4 is 5.43 Å². The van der Waals surface area contributed by atoms with Gasteiger partial charge in [-0.05, 0) is 42.3 Å². The minimum atomic E-state index is -0.540. The van der Waals surface area contributed by atoms with Gasteiger partial charge in [0.25, 0.3) is 5.91 Å². The molecule has 1 aliphatic heterocycles. The standard InChI is InChI=1S/C19H13Cl2NO3/c1-9-6-14-12(8-13(9)21)17(23)15-16(10-4-3-5-11(20)7-10)22(2)19(24)18(15)25-14/h3-8,16H,1-2H3. The molecule has 6 heteroatoms. The topological polar surface area (TPSA) is 50.5 Å². The molecule has 1 aromatic heterocycles. The number of halogens is 2. The number of carbonyl (C=O) groups excluding carboxylic acids is 1. The van der Waals surface area contributed by atoms with Crippen molar-refractivity contribution >= 4 is 40.1 Å². The summed E-state index contributed by atoms with van der Waals surface area (Å²) in [6, 6.07) is 9.85. The van der Waals surface area contributed by atoms with Crippen molar-refractivity contribution in [1.82, 2.24) is 4.90 Å². The highest BCUT2D eigenvalue weighted by Gasteiger charge is 2.40. The van der Waals surface area contributed by atoms with Crippen molar-refractivity contribution in [2.75, 3.05) is 7.05 Å². The summed E-state index contributed by atoms with van der Waals surface area (Å²) < 4.78 is 5.80. The highest BCUT2D eigenvalue weighted by Crippen LogP contribution is 2.38. The SMILES string of the molecule is Cc1cc2oc3c(c(=O)c2cc1Cl)C(c1cccc(Cl)c1)N(C)C3=O. The summed E-state index contributed by atoms with van der Waals surface area (Å²) in [5, 5.41) is 1.39. The zero-order valence-electron chi connectivity index (χ0n) is 13.5. The molecule has 1 atom stereocenters. The number of amides is 1. The summed E-state index contributed by atoms with van der Waals surface area (Å²) in [4.78, 5) is 27.3. The molecule has 0 N–H and O–H groups in total. The van der Waals surface area contributed by atoms with Crippen LogP contribution in [0.1, 0.15) is 33.3 Å². The molecule has 2 aromatic carbocycles. The van der Waals surface area contributed by atoms with Crippen LogP contribution in [0.25, 0.3) is 11.0 Å². The molecule has 3 aromatic rings. The molecule has 0 bridgehead atoms. The molecule has 2 heterocycles. The minimum Gasteiger partial charge on any atom is -0.450 e. The van der Waals surface area contributed by atoms with Gasteiger partial charge in [-0.1, -0.05) is 35.3 Å². The summed E-state index contributed by atoms with van der Waals surface area (Å²) in [6.07, 6.45) is 0. The lowest BCUT2D eigenvalue weighted by atomic mass is 9.98. The Bertz CT molecular complexity index is 1100. The predicted molar refractivity (Wildman–Crippen MR) is 97.6 cm³/mol. The molecule has 4 nitrogen and oxygen atoms in total. The maximum Gasteiger partial charge on any atom is 0.290 e. The largest absolute Gasteiger partial charge is 0.450 e. The van der Waals surface area contributed by atoms with Crippen LogP contribution in [-0.4, -0.2) is 17.9 Å². The van der Waals surface area contributed by atoms with Gasteiger partial charge >= 0.3 is 0 Å². The second-order valence-corrected chi connectivity index (χ2v) is 6.99. The number of hydrogen-bond donors (Lipinski definition) is 0. The lowest BCUT2D eigenvalue weighted by Gasteiger charge is -2.20. The zero-order valence-corrected chi connectivity index (χ0v) is 15.0. The van der Waals surface area contributed by atoms with Gasteiger partial charge < -0.3 is 9.32 Å². The van der Waals surface area contributed by atoms with Crippen molar-refractivity contribution in [3.63, 3.8) is 0 Å².